The van der Waals surface area contributed by atoms with E-state index in [4.69, 9.17) is 0 Å². The lowest BCUT2D eigenvalue weighted by atomic mass is 10.1. The Bertz CT molecular complexity index is 457. The number of rotatable bonds is 5. The molecule has 0 aliphatic carbocycles. The lowest BCUT2D eigenvalue weighted by Crippen LogP contribution is -2.34. The Labute approximate surface area is 120 Å². The smallest absolute Gasteiger partial charge is 0.242 e. The van der Waals surface area contributed by atoms with E-state index in [0.717, 1.165) is 37.9 Å². The molecule has 0 radical (unpaired) electrons. The molecule has 0 N–H and O–H groups in total. The second-order valence-corrected chi connectivity index (χ2v) is 5.54. The molecule has 0 saturated carbocycles. The van der Waals surface area contributed by atoms with Gasteiger partial charge in [-0.25, -0.2) is 0 Å². The molecule has 1 aromatic heterocycles. The molecule has 0 bridgehead atoms. The maximum absolute atomic E-state index is 12.2. The van der Waals surface area contributed by atoms with Gasteiger partial charge in [-0.2, -0.15) is 0 Å². The minimum absolute atomic E-state index is 0.161. The van der Waals surface area contributed by atoms with Gasteiger partial charge in [0.1, 0.15) is 6.54 Å². The van der Waals surface area contributed by atoms with Gasteiger partial charge in [-0.15, -0.1) is 0 Å². The highest BCUT2D eigenvalue weighted by molar-refractivity contribution is 5.95. The zero-order valence-corrected chi connectivity index (χ0v) is 12.3. The number of aromatic nitrogens is 1. The first kappa shape index (κ1) is 14.8. The van der Waals surface area contributed by atoms with Crippen LogP contribution in [0.5, 0.6) is 0 Å². The van der Waals surface area contributed by atoms with Crippen LogP contribution >= 0.6 is 0 Å². The summed E-state index contributed by atoms with van der Waals surface area (Å²) in [6, 6.07) is 1.81. The van der Waals surface area contributed by atoms with E-state index < -0.39 is 0 Å². The largest absolute Gasteiger partial charge is 0.344 e. The number of likely N-dealkylation sites (tertiary alicyclic amines) is 1. The van der Waals surface area contributed by atoms with Gasteiger partial charge >= 0.3 is 0 Å². The van der Waals surface area contributed by atoms with E-state index in [1.165, 1.54) is 12.8 Å². The minimum Gasteiger partial charge on any atom is -0.344 e. The molecule has 0 atom stereocenters. The highest BCUT2D eigenvalue weighted by Gasteiger charge is 2.16. The summed E-state index contributed by atoms with van der Waals surface area (Å²) in [6.45, 7) is 4.10. The van der Waals surface area contributed by atoms with Crippen LogP contribution in [0.1, 0.15) is 55.8 Å². The highest BCUT2D eigenvalue weighted by Crippen LogP contribution is 2.11. The molecular formula is C16H24N2O2. The predicted octanol–water partition coefficient (Wildman–Crippen LogP) is 2.87. The van der Waals surface area contributed by atoms with Crippen molar-refractivity contribution in [2.24, 2.45) is 0 Å². The van der Waals surface area contributed by atoms with Crippen molar-refractivity contribution in [1.29, 1.82) is 0 Å². The standard InChI is InChI=1S/C16H24N2O2/c1-2-7-15(19)14-8-11-17(12-14)13-16(20)18-9-5-3-4-6-10-18/h8,11-12H,2-7,9-10,13H2,1H3. The summed E-state index contributed by atoms with van der Waals surface area (Å²) in [5, 5.41) is 0. The molecule has 1 fully saturated rings. The van der Waals surface area contributed by atoms with E-state index >= 15 is 0 Å². The molecule has 110 valence electrons. The number of hydrogen-bond acceptors (Lipinski definition) is 2. The summed E-state index contributed by atoms with van der Waals surface area (Å²) in [5.41, 5.74) is 0.718. The molecule has 1 aromatic rings. The van der Waals surface area contributed by atoms with Gasteiger partial charge < -0.3 is 9.47 Å². The van der Waals surface area contributed by atoms with Gasteiger partial charge in [0.05, 0.1) is 0 Å². The average Bonchev–Trinajstić information content (AvgIpc) is 2.73. The van der Waals surface area contributed by atoms with Crippen LogP contribution in [-0.4, -0.2) is 34.2 Å². The molecule has 1 amide bonds. The third-order valence-corrected chi connectivity index (χ3v) is 3.83. The van der Waals surface area contributed by atoms with Crippen molar-refractivity contribution in [2.75, 3.05) is 13.1 Å². The van der Waals surface area contributed by atoms with Crippen LogP contribution in [0.3, 0.4) is 0 Å². The summed E-state index contributed by atoms with van der Waals surface area (Å²) < 4.78 is 1.83. The van der Waals surface area contributed by atoms with Crippen LogP contribution < -0.4 is 0 Å². The number of ketones is 1. The second-order valence-electron chi connectivity index (χ2n) is 5.54. The van der Waals surface area contributed by atoms with Gasteiger partial charge in [0.2, 0.25) is 5.91 Å². The van der Waals surface area contributed by atoms with Crippen molar-refractivity contribution >= 4 is 11.7 Å². The Morgan fingerprint density at radius 1 is 1.15 bits per heavy atom. The van der Waals surface area contributed by atoms with E-state index in [1.807, 2.05) is 28.7 Å². The summed E-state index contributed by atoms with van der Waals surface area (Å²) in [7, 11) is 0. The molecule has 4 nitrogen and oxygen atoms in total. The number of nitrogens with zero attached hydrogens (tertiary/aromatic N) is 2. The molecule has 0 unspecified atom stereocenters. The minimum atomic E-state index is 0.161. The molecule has 20 heavy (non-hydrogen) atoms. The quantitative estimate of drug-likeness (QED) is 0.776. The highest BCUT2D eigenvalue weighted by atomic mass is 16.2. The third-order valence-electron chi connectivity index (χ3n) is 3.83. The predicted molar refractivity (Wildman–Crippen MR) is 78.7 cm³/mol. The van der Waals surface area contributed by atoms with E-state index in [2.05, 4.69) is 0 Å². The number of hydrogen-bond donors (Lipinski definition) is 0. The van der Waals surface area contributed by atoms with Crippen molar-refractivity contribution in [3.05, 3.63) is 24.0 Å². The molecule has 0 spiro atoms. The van der Waals surface area contributed by atoms with Crippen LogP contribution in [-0.2, 0) is 11.3 Å². The Hall–Kier alpha value is -1.58. The zero-order chi connectivity index (χ0) is 14.4. The van der Waals surface area contributed by atoms with Gasteiger partial charge in [0.25, 0.3) is 0 Å². The second kappa shape index (κ2) is 7.27. The van der Waals surface area contributed by atoms with Crippen molar-refractivity contribution in [2.45, 2.75) is 52.0 Å². The molecule has 0 aromatic carbocycles. The average molecular weight is 276 g/mol. The van der Waals surface area contributed by atoms with Gasteiger partial charge in [0, 0.05) is 37.5 Å². The van der Waals surface area contributed by atoms with Crippen molar-refractivity contribution < 1.29 is 9.59 Å². The van der Waals surface area contributed by atoms with Gasteiger partial charge in [-0.1, -0.05) is 19.8 Å². The van der Waals surface area contributed by atoms with Gasteiger partial charge in [-0.05, 0) is 25.3 Å². The molecule has 1 aliphatic rings. The molecule has 1 saturated heterocycles. The first-order valence-electron chi connectivity index (χ1n) is 7.67. The lowest BCUT2D eigenvalue weighted by Gasteiger charge is -2.20. The Balaban J connectivity index is 1.92. The maximum atomic E-state index is 12.2. The van der Waals surface area contributed by atoms with E-state index in [9.17, 15) is 9.59 Å². The van der Waals surface area contributed by atoms with Crippen LogP contribution in [0, 0.1) is 0 Å². The topological polar surface area (TPSA) is 42.3 Å². The molecule has 4 heteroatoms. The fourth-order valence-electron chi connectivity index (χ4n) is 2.65. The fourth-order valence-corrected chi connectivity index (χ4v) is 2.65. The van der Waals surface area contributed by atoms with Crippen LogP contribution in [0.25, 0.3) is 0 Å². The first-order chi connectivity index (χ1) is 9.70. The summed E-state index contributed by atoms with van der Waals surface area (Å²) in [6.07, 6.45) is 9.73. The number of amides is 1. The summed E-state index contributed by atoms with van der Waals surface area (Å²) in [5.74, 6) is 0.325. The Kier molecular flexibility index (Phi) is 5.39. The molecule has 1 aliphatic heterocycles. The number of carbonyl (C=O) groups is 2. The molecular weight excluding hydrogens is 252 g/mol. The zero-order valence-electron chi connectivity index (χ0n) is 12.3. The Morgan fingerprint density at radius 2 is 1.85 bits per heavy atom. The third kappa shape index (κ3) is 3.95. The van der Waals surface area contributed by atoms with Crippen LogP contribution in [0.15, 0.2) is 18.5 Å². The van der Waals surface area contributed by atoms with Gasteiger partial charge in [-0.3, -0.25) is 9.59 Å². The van der Waals surface area contributed by atoms with Crippen molar-refractivity contribution in [1.82, 2.24) is 9.47 Å². The number of Topliss-reactive ketones (excluding diaryl/α,β-unsaturated/α-hetero) is 1. The monoisotopic (exact) mass is 276 g/mol. The molecule has 2 heterocycles. The molecule has 2 rings (SSSR count). The summed E-state index contributed by atoms with van der Waals surface area (Å²) >= 11 is 0. The van der Waals surface area contributed by atoms with E-state index in [-0.39, 0.29) is 11.7 Å². The van der Waals surface area contributed by atoms with Crippen LogP contribution in [0.2, 0.25) is 0 Å². The normalized spacial score (nSPS) is 15.9. The Morgan fingerprint density at radius 3 is 2.50 bits per heavy atom. The van der Waals surface area contributed by atoms with Gasteiger partial charge in [0.15, 0.2) is 5.78 Å². The lowest BCUT2D eigenvalue weighted by molar-refractivity contribution is -0.131. The summed E-state index contributed by atoms with van der Waals surface area (Å²) in [4.78, 5) is 26.0. The number of carbonyl (C=O) groups excluding carboxylic acids is 2. The van der Waals surface area contributed by atoms with Crippen molar-refractivity contribution in [3.63, 3.8) is 0 Å². The van der Waals surface area contributed by atoms with E-state index in [1.54, 1.807) is 6.20 Å². The van der Waals surface area contributed by atoms with E-state index in [0.29, 0.717) is 13.0 Å². The fraction of sp³-hybridized carbons (Fsp3) is 0.625. The maximum Gasteiger partial charge on any atom is 0.242 e. The van der Waals surface area contributed by atoms with Crippen molar-refractivity contribution in [3.8, 4) is 0 Å². The van der Waals surface area contributed by atoms with Crippen LogP contribution in [0.4, 0.5) is 0 Å². The first-order valence-corrected chi connectivity index (χ1v) is 7.67. The SMILES string of the molecule is CCCC(=O)c1ccn(CC(=O)N2CCCCCC2)c1.